The maximum atomic E-state index is 6.03. The number of rotatable bonds is 5. The second-order valence-corrected chi connectivity index (χ2v) is 4.74. The number of benzene rings is 1. The molecular formula is C14H21NO. The first-order valence-corrected chi connectivity index (χ1v) is 6.10. The van der Waals surface area contributed by atoms with Crippen LogP contribution >= 0.6 is 0 Å². The van der Waals surface area contributed by atoms with Crippen LogP contribution in [0.4, 0.5) is 0 Å². The summed E-state index contributed by atoms with van der Waals surface area (Å²) in [6, 6.07) is 8.75. The van der Waals surface area contributed by atoms with E-state index < -0.39 is 0 Å². The van der Waals surface area contributed by atoms with E-state index in [9.17, 15) is 0 Å². The maximum absolute atomic E-state index is 6.03. The molecular weight excluding hydrogens is 198 g/mol. The first-order chi connectivity index (χ1) is 7.82. The van der Waals surface area contributed by atoms with Gasteiger partial charge in [-0.2, -0.15) is 0 Å². The second-order valence-electron chi connectivity index (χ2n) is 4.74. The third-order valence-corrected chi connectivity index (χ3v) is 3.86. The number of hydrogen-bond donors (Lipinski definition) is 1. The van der Waals surface area contributed by atoms with Crippen LogP contribution in [0.1, 0.15) is 30.4 Å². The number of aryl methyl sites for hydroxylation is 1. The predicted molar refractivity (Wildman–Crippen MR) is 66.6 cm³/mol. The van der Waals surface area contributed by atoms with Gasteiger partial charge in [-0.15, -0.1) is 0 Å². The van der Waals surface area contributed by atoms with Gasteiger partial charge in [0.25, 0.3) is 0 Å². The molecule has 0 amide bonds. The van der Waals surface area contributed by atoms with Crippen LogP contribution in [0.2, 0.25) is 0 Å². The number of hydrogen-bond acceptors (Lipinski definition) is 2. The fourth-order valence-electron chi connectivity index (χ4n) is 2.89. The summed E-state index contributed by atoms with van der Waals surface area (Å²) in [5, 5.41) is 0. The highest BCUT2D eigenvalue weighted by Gasteiger charge is 2.36. The van der Waals surface area contributed by atoms with Crippen LogP contribution in [0, 0.1) is 0 Å². The molecule has 0 radical (unpaired) electrons. The van der Waals surface area contributed by atoms with Crippen LogP contribution in [0.25, 0.3) is 0 Å². The average molecular weight is 219 g/mol. The van der Waals surface area contributed by atoms with Gasteiger partial charge < -0.3 is 10.5 Å². The Bertz CT molecular complexity index is 350. The van der Waals surface area contributed by atoms with Crippen molar-refractivity contribution in [2.24, 2.45) is 5.73 Å². The van der Waals surface area contributed by atoms with Crippen LogP contribution in [0.3, 0.4) is 0 Å². The number of ether oxygens (including phenoxy) is 1. The van der Waals surface area contributed by atoms with Crippen LogP contribution in [-0.2, 0) is 16.6 Å². The summed E-state index contributed by atoms with van der Waals surface area (Å²) in [7, 11) is 1.76. The Balaban J connectivity index is 2.17. The Hall–Kier alpha value is -0.860. The van der Waals surface area contributed by atoms with Crippen molar-refractivity contribution < 1.29 is 4.74 Å². The van der Waals surface area contributed by atoms with Crippen molar-refractivity contribution in [3.63, 3.8) is 0 Å². The van der Waals surface area contributed by atoms with Gasteiger partial charge in [0.05, 0.1) is 0 Å². The topological polar surface area (TPSA) is 35.2 Å². The van der Waals surface area contributed by atoms with Gasteiger partial charge in [0.2, 0.25) is 0 Å². The fraction of sp³-hybridized carbons (Fsp3) is 0.571. The number of fused-ring (bicyclic) bond motifs is 1. The van der Waals surface area contributed by atoms with E-state index >= 15 is 0 Å². The van der Waals surface area contributed by atoms with Gasteiger partial charge in [-0.05, 0) is 36.8 Å². The van der Waals surface area contributed by atoms with E-state index in [1.807, 2.05) is 0 Å². The molecule has 1 atom stereocenters. The minimum absolute atomic E-state index is 0.217. The molecule has 1 aliphatic rings. The number of nitrogens with two attached hydrogens (primary N) is 1. The molecule has 0 heterocycles. The fourth-order valence-corrected chi connectivity index (χ4v) is 2.89. The van der Waals surface area contributed by atoms with Crippen molar-refractivity contribution in [2.75, 3.05) is 20.3 Å². The zero-order valence-corrected chi connectivity index (χ0v) is 10.0. The van der Waals surface area contributed by atoms with Crippen LogP contribution in [-0.4, -0.2) is 20.3 Å². The van der Waals surface area contributed by atoms with Crippen molar-refractivity contribution in [1.82, 2.24) is 0 Å². The van der Waals surface area contributed by atoms with Crippen LogP contribution < -0.4 is 5.73 Å². The zero-order valence-electron chi connectivity index (χ0n) is 10.0. The molecule has 88 valence electrons. The molecule has 0 spiro atoms. The molecule has 0 aromatic heterocycles. The molecule has 0 bridgehead atoms. The molecule has 1 aliphatic carbocycles. The highest BCUT2D eigenvalue weighted by atomic mass is 16.5. The van der Waals surface area contributed by atoms with E-state index in [4.69, 9.17) is 10.5 Å². The molecule has 0 fully saturated rings. The van der Waals surface area contributed by atoms with Gasteiger partial charge in [-0.1, -0.05) is 24.3 Å². The quantitative estimate of drug-likeness (QED) is 0.771. The van der Waals surface area contributed by atoms with Crippen molar-refractivity contribution in [1.29, 1.82) is 0 Å². The van der Waals surface area contributed by atoms with Gasteiger partial charge in [-0.3, -0.25) is 0 Å². The van der Waals surface area contributed by atoms with Gasteiger partial charge in [0.15, 0.2) is 0 Å². The molecule has 2 nitrogen and oxygen atoms in total. The number of methoxy groups -OCH3 is 1. The van der Waals surface area contributed by atoms with Gasteiger partial charge >= 0.3 is 0 Å². The minimum atomic E-state index is 0.217. The maximum Gasteiger partial charge on any atom is 0.0462 e. The molecule has 0 saturated carbocycles. The Labute approximate surface area is 97.8 Å². The lowest BCUT2D eigenvalue weighted by molar-refractivity contribution is 0.182. The van der Waals surface area contributed by atoms with Crippen LogP contribution in [0.5, 0.6) is 0 Å². The van der Waals surface area contributed by atoms with E-state index in [-0.39, 0.29) is 5.41 Å². The van der Waals surface area contributed by atoms with E-state index in [0.717, 1.165) is 26.0 Å². The van der Waals surface area contributed by atoms with Gasteiger partial charge in [-0.25, -0.2) is 0 Å². The molecule has 0 aliphatic heterocycles. The first-order valence-electron chi connectivity index (χ1n) is 6.10. The third kappa shape index (κ3) is 2.00. The highest BCUT2D eigenvalue weighted by Crippen LogP contribution is 2.41. The normalized spacial score (nSPS) is 23.4. The van der Waals surface area contributed by atoms with E-state index in [1.165, 1.54) is 24.0 Å². The Morgan fingerprint density at radius 1 is 1.38 bits per heavy atom. The molecule has 0 saturated heterocycles. The molecule has 16 heavy (non-hydrogen) atoms. The molecule has 1 aromatic carbocycles. The van der Waals surface area contributed by atoms with Gasteiger partial charge in [0, 0.05) is 25.7 Å². The summed E-state index contributed by atoms with van der Waals surface area (Å²) in [6.07, 6.45) is 4.63. The van der Waals surface area contributed by atoms with E-state index in [2.05, 4.69) is 24.3 Å². The lowest BCUT2D eigenvalue weighted by Gasteiger charge is -2.29. The average Bonchev–Trinajstić information content (AvgIpc) is 2.70. The summed E-state index contributed by atoms with van der Waals surface area (Å²) in [4.78, 5) is 0. The molecule has 2 rings (SSSR count). The Morgan fingerprint density at radius 3 is 2.94 bits per heavy atom. The van der Waals surface area contributed by atoms with E-state index in [0.29, 0.717) is 0 Å². The van der Waals surface area contributed by atoms with Crippen molar-refractivity contribution in [2.45, 2.75) is 31.1 Å². The largest absolute Gasteiger partial charge is 0.385 e. The second kappa shape index (κ2) is 4.98. The summed E-state index contributed by atoms with van der Waals surface area (Å²) in [6.45, 7) is 1.59. The summed E-state index contributed by atoms with van der Waals surface area (Å²) < 4.78 is 5.14. The molecule has 1 aromatic rings. The minimum Gasteiger partial charge on any atom is -0.385 e. The third-order valence-electron chi connectivity index (χ3n) is 3.86. The van der Waals surface area contributed by atoms with Crippen molar-refractivity contribution in [3.05, 3.63) is 35.4 Å². The Kier molecular flexibility index (Phi) is 3.62. The summed E-state index contributed by atoms with van der Waals surface area (Å²) in [5.41, 5.74) is 9.21. The summed E-state index contributed by atoms with van der Waals surface area (Å²) in [5.74, 6) is 0. The summed E-state index contributed by atoms with van der Waals surface area (Å²) >= 11 is 0. The van der Waals surface area contributed by atoms with Crippen molar-refractivity contribution in [3.8, 4) is 0 Å². The van der Waals surface area contributed by atoms with E-state index in [1.54, 1.807) is 7.11 Å². The predicted octanol–water partition coefficient (Wildman–Crippen LogP) is 2.26. The first kappa shape index (κ1) is 11.6. The zero-order chi connectivity index (χ0) is 11.4. The van der Waals surface area contributed by atoms with Crippen molar-refractivity contribution >= 4 is 0 Å². The molecule has 1 unspecified atom stereocenters. The highest BCUT2D eigenvalue weighted by molar-refractivity contribution is 5.39. The Morgan fingerprint density at radius 2 is 2.19 bits per heavy atom. The molecule has 2 N–H and O–H groups in total. The van der Waals surface area contributed by atoms with Gasteiger partial charge in [0.1, 0.15) is 0 Å². The van der Waals surface area contributed by atoms with Crippen LogP contribution in [0.15, 0.2) is 24.3 Å². The molecule has 2 heteroatoms. The smallest absolute Gasteiger partial charge is 0.0462 e. The standard InChI is InChI=1S/C14H21NO/c1-16-10-4-8-14(11-15)9-7-12-5-2-3-6-13(12)14/h2-3,5-6H,4,7-11,15H2,1H3. The lowest BCUT2D eigenvalue weighted by Crippen LogP contribution is -2.33. The monoisotopic (exact) mass is 219 g/mol. The lowest BCUT2D eigenvalue weighted by atomic mass is 9.78. The SMILES string of the molecule is COCCCC1(CN)CCc2ccccc21.